The zero-order valence-electron chi connectivity index (χ0n) is 13.6. The highest BCUT2D eigenvalue weighted by Gasteiger charge is 2.23. The largest absolute Gasteiger partial charge is 0.355 e. The minimum atomic E-state index is 0.131. The van der Waals surface area contributed by atoms with Crippen LogP contribution in [0.15, 0.2) is 29.0 Å². The Labute approximate surface area is 145 Å². The second kappa shape index (κ2) is 6.76. The molecule has 0 aromatic carbocycles. The molecule has 0 aliphatic carbocycles. The van der Waals surface area contributed by atoms with E-state index in [-0.39, 0.29) is 5.91 Å². The Hall–Kier alpha value is -2.15. The number of nitrogens with zero attached hydrogens (tertiary/aromatic N) is 5. The number of carbonyl (C=O) groups is 1. The summed E-state index contributed by atoms with van der Waals surface area (Å²) in [6.45, 7) is 5.21. The first-order valence-corrected chi connectivity index (χ1v) is 9.41. The Balaban J connectivity index is 1.36. The van der Waals surface area contributed by atoms with Gasteiger partial charge in [0, 0.05) is 44.6 Å². The molecular formula is C17H21N5OS. The summed E-state index contributed by atoms with van der Waals surface area (Å²) in [6, 6.07) is 6.01. The molecule has 4 rings (SSSR count). The number of rotatable bonds is 3. The van der Waals surface area contributed by atoms with Crippen LogP contribution in [0.2, 0.25) is 0 Å². The zero-order valence-corrected chi connectivity index (χ0v) is 14.4. The molecule has 0 N–H and O–H groups in total. The predicted octanol–water partition coefficient (Wildman–Crippen LogP) is 2.10. The number of amides is 1. The van der Waals surface area contributed by atoms with Crippen LogP contribution in [-0.2, 0) is 0 Å². The topological polar surface area (TPSA) is 52.6 Å². The van der Waals surface area contributed by atoms with E-state index in [0.29, 0.717) is 0 Å². The molecule has 2 aromatic rings. The monoisotopic (exact) mass is 343 g/mol. The number of anilines is 2. The van der Waals surface area contributed by atoms with E-state index in [2.05, 4.69) is 32.1 Å². The average molecular weight is 343 g/mol. The van der Waals surface area contributed by atoms with E-state index in [4.69, 9.17) is 0 Å². The normalized spacial score (nSPS) is 18.2. The lowest BCUT2D eigenvalue weighted by atomic mass is 10.2. The van der Waals surface area contributed by atoms with Crippen molar-refractivity contribution < 1.29 is 4.79 Å². The molecule has 2 aliphatic heterocycles. The lowest BCUT2D eigenvalue weighted by Gasteiger charge is -2.35. The minimum Gasteiger partial charge on any atom is -0.355 e. The smallest absolute Gasteiger partial charge is 0.254 e. The van der Waals surface area contributed by atoms with E-state index < -0.39 is 0 Å². The van der Waals surface area contributed by atoms with Gasteiger partial charge in [-0.25, -0.2) is 0 Å². The van der Waals surface area contributed by atoms with Crippen LogP contribution in [0.25, 0.3) is 0 Å². The van der Waals surface area contributed by atoms with Gasteiger partial charge in [0.2, 0.25) is 0 Å². The van der Waals surface area contributed by atoms with E-state index in [1.54, 1.807) is 11.3 Å². The highest BCUT2D eigenvalue weighted by Crippen LogP contribution is 2.20. The molecule has 1 amide bonds. The Morgan fingerprint density at radius 2 is 1.50 bits per heavy atom. The Bertz CT molecular complexity index is 674. The van der Waals surface area contributed by atoms with E-state index in [1.807, 2.05) is 21.7 Å². The van der Waals surface area contributed by atoms with Gasteiger partial charge in [0.05, 0.1) is 5.56 Å². The van der Waals surface area contributed by atoms with Gasteiger partial charge in [-0.2, -0.15) is 11.3 Å². The summed E-state index contributed by atoms with van der Waals surface area (Å²) in [6.07, 6.45) is 2.48. The molecule has 2 saturated heterocycles. The van der Waals surface area contributed by atoms with Crippen molar-refractivity contribution in [3.8, 4) is 0 Å². The number of hydrogen-bond acceptors (Lipinski definition) is 6. The summed E-state index contributed by atoms with van der Waals surface area (Å²) in [7, 11) is 0. The number of hydrogen-bond donors (Lipinski definition) is 0. The van der Waals surface area contributed by atoms with Crippen molar-refractivity contribution in [1.29, 1.82) is 0 Å². The molecule has 4 heterocycles. The van der Waals surface area contributed by atoms with Gasteiger partial charge < -0.3 is 14.7 Å². The van der Waals surface area contributed by atoms with Crippen molar-refractivity contribution in [2.45, 2.75) is 12.8 Å². The fourth-order valence-electron chi connectivity index (χ4n) is 3.31. The number of carbonyl (C=O) groups excluding carboxylic acids is 1. The first-order valence-electron chi connectivity index (χ1n) is 8.46. The van der Waals surface area contributed by atoms with Crippen LogP contribution in [0.3, 0.4) is 0 Å². The highest BCUT2D eigenvalue weighted by molar-refractivity contribution is 7.08. The predicted molar refractivity (Wildman–Crippen MR) is 95.9 cm³/mol. The van der Waals surface area contributed by atoms with Gasteiger partial charge in [0.1, 0.15) is 0 Å². The van der Waals surface area contributed by atoms with Crippen LogP contribution in [0.4, 0.5) is 11.6 Å². The standard InChI is InChI=1S/C17H21N5OS/c23-17(14-5-12-24-13-14)22-10-8-21(9-11-22)16-4-3-15(18-19-16)20-6-1-2-7-20/h3-5,12-13H,1-2,6-11H2. The van der Waals surface area contributed by atoms with E-state index in [9.17, 15) is 4.79 Å². The first-order chi connectivity index (χ1) is 11.8. The Morgan fingerprint density at radius 1 is 0.875 bits per heavy atom. The van der Waals surface area contributed by atoms with Crippen LogP contribution >= 0.6 is 11.3 Å². The van der Waals surface area contributed by atoms with Crippen molar-refractivity contribution in [2.24, 2.45) is 0 Å². The summed E-state index contributed by atoms with van der Waals surface area (Å²) >= 11 is 1.56. The molecule has 0 saturated carbocycles. The molecule has 6 nitrogen and oxygen atoms in total. The van der Waals surface area contributed by atoms with Crippen molar-refractivity contribution in [3.63, 3.8) is 0 Å². The van der Waals surface area contributed by atoms with Crippen LogP contribution in [0.1, 0.15) is 23.2 Å². The fraction of sp³-hybridized carbons (Fsp3) is 0.471. The molecule has 0 unspecified atom stereocenters. The maximum Gasteiger partial charge on any atom is 0.254 e. The molecule has 7 heteroatoms. The summed E-state index contributed by atoms with van der Waals surface area (Å²) < 4.78 is 0. The molecule has 2 aromatic heterocycles. The van der Waals surface area contributed by atoms with E-state index in [0.717, 1.165) is 56.5 Å². The molecule has 24 heavy (non-hydrogen) atoms. The molecular weight excluding hydrogens is 322 g/mol. The number of aromatic nitrogens is 2. The van der Waals surface area contributed by atoms with Crippen molar-refractivity contribution in [2.75, 3.05) is 49.1 Å². The highest BCUT2D eigenvalue weighted by atomic mass is 32.1. The van der Waals surface area contributed by atoms with Gasteiger partial charge >= 0.3 is 0 Å². The van der Waals surface area contributed by atoms with Gasteiger partial charge in [0.15, 0.2) is 11.6 Å². The van der Waals surface area contributed by atoms with Crippen LogP contribution in [-0.4, -0.2) is 60.3 Å². The summed E-state index contributed by atoms with van der Waals surface area (Å²) in [5.74, 6) is 2.01. The van der Waals surface area contributed by atoms with Gasteiger partial charge in [-0.1, -0.05) is 0 Å². The van der Waals surface area contributed by atoms with Gasteiger partial charge in [0.25, 0.3) is 5.91 Å². The van der Waals surface area contributed by atoms with Crippen molar-refractivity contribution >= 4 is 28.9 Å². The summed E-state index contributed by atoms with van der Waals surface area (Å²) in [4.78, 5) is 18.8. The maximum absolute atomic E-state index is 12.4. The van der Waals surface area contributed by atoms with E-state index in [1.165, 1.54) is 12.8 Å². The molecule has 0 radical (unpaired) electrons. The molecule has 0 bridgehead atoms. The fourth-order valence-corrected chi connectivity index (χ4v) is 3.94. The average Bonchev–Trinajstić information content (AvgIpc) is 3.35. The molecule has 126 valence electrons. The van der Waals surface area contributed by atoms with Gasteiger partial charge in [-0.3, -0.25) is 4.79 Å². The second-order valence-electron chi connectivity index (χ2n) is 6.24. The SMILES string of the molecule is O=C(c1ccsc1)N1CCN(c2ccc(N3CCCC3)nn2)CC1. The molecule has 0 atom stereocenters. The van der Waals surface area contributed by atoms with Crippen molar-refractivity contribution in [3.05, 3.63) is 34.5 Å². The molecule has 2 fully saturated rings. The van der Waals surface area contributed by atoms with Crippen LogP contribution in [0, 0.1) is 0 Å². The van der Waals surface area contributed by atoms with E-state index >= 15 is 0 Å². The number of piperazine rings is 1. The third-order valence-corrected chi connectivity index (χ3v) is 5.41. The second-order valence-corrected chi connectivity index (χ2v) is 7.02. The summed E-state index contributed by atoms with van der Waals surface area (Å²) in [5.41, 5.74) is 0.795. The van der Waals surface area contributed by atoms with Crippen LogP contribution < -0.4 is 9.80 Å². The zero-order chi connectivity index (χ0) is 16.4. The summed E-state index contributed by atoms with van der Waals surface area (Å²) in [5, 5.41) is 12.6. The minimum absolute atomic E-state index is 0.131. The maximum atomic E-state index is 12.4. The third-order valence-electron chi connectivity index (χ3n) is 4.73. The lowest BCUT2D eigenvalue weighted by Crippen LogP contribution is -2.49. The van der Waals surface area contributed by atoms with Crippen molar-refractivity contribution in [1.82, 2.24) is 15.1 Å². The van der Waals surface area contributed by atoms with Gasteiger partial charge in [-0.05, 0) is 36.4 Å². The Morgan fingerprint density at radius 3 is 2.04 bits per heavy atom. The number of thiophene rings is 1. The quantitative estimate of drug-likeness (QED) is 0.854. The third kappa shape index (κ3) is 3.08. The Kier molecular flexibility index (Phi) is 4.34. The lowest BCUT2D eigenvalue weighted by molar-refractivity contribution is 0.0747. The molecule has 0 spiro atoms. The first kappa shape index (κ1) is 15.4. The van der Waals surface area contributed by atoms with Gasteiger partial charge in [-0.15, -0.1) is 10.2 Å². The molecule has 2 aliphatic rings. The van der Waals surface area contributed by atoms with Crippen LogP contribution in [0.5, 0.6) is 0 Å².